The molecule has 124 valence electrons. The lowest BCUT2D eigenvalue weighted by atomic mass is 9.92. The van der Waals surface area contributed by atoms with Gasteiger partial charge in [-0.2, -0.15) is 0 Å². The quantitative estimate of drug-likeness (QED) is 0.235. The summed E-state index contributed by atoms with van der Waals surface area (Å²) in [5, 5.41) is 7.26. The maximum atomic E-state index is 13.9. The van der Waals surface area contributed by atoms with Gasteiger partial charge in [-0.15, -0.1) is 6.42 Å². The highest BCUT2D eigenvalue weighted by Crippen LogP contribution is 2.35. The average molecular weight is 344 g/mol. The molecule has 0 aliphatic heterocycles. The van der Waals surface area contributed by atoms with Crippen molar-refractivity contribution in [1.82, 2.24) is 0 Å². The molecule has 0 bridgehead atoms. The Labute approximate surface area is 156 Å². The second-order valence-corrected chi connectivity index (χ2v) is 6.56. The Bertz CT molecular complexity index is 1420. The van der Waals surface area contributed by atoms with E-state index in [0.29, 0.717) is 5.56 Å². The van der Waals surface area contributed by atoms with Gasteiger partial charge in [0.1, 0.15) is 5.82 Å². The van der Waals surface area contributed by atoms with Gasteiger partial charge in [-0.3, -0.25) is 0 Å². The number of hydrogen-bond acceptors (Lipinski definition) is 0. The smallest absolute Gasteiger partial charge is 0.140 e. The molecular formula is C26H13F. The molecule has 0 nitrogen and oxygen atoms in total. The molecule has 0 unspecified atom stereocenters. The van der Waals surface area contributed by atoms with Crippen molar-refractivity contribution >= 4 is 32.3 Å². The minimum atomic E-state index is -0.417. The van der Waals surface area contributed by atoms with Gasteiger partial charge in [0, 0.05) is 11.1 Å². The van der Waals surface area contributed by atoms with Gasteiger partial charge >= 0.3 is 0 Å². The van der Waals surface area contributed by atoms with Crippen LogP contribution < -0.4 is 0 Å². The fraction of sp³-hybridized carbons (Fsp3) is 0. The number of benzene rings is 5. The molecule has 5 rings (SSSR count). The molecule has 0 aromatic heterocycles. The van der Waals surface area contributed by atoms with Crippen LogP contribution >= 0.6 is 0 Å². The van der Waals surface area contributed by atoms with Crippen molar-refractivity contribution in [2.75, 3.05) is 0 Å². The van der Waals surface area contributed by atoms with Crippen LogP contribution in [0.4, 0.5) is 4.39 Å². The number of terminal acetylenes is 1. The Morgan fingerprint density at radius 3 is 2.07 bits per heavy atom. The Hall–Kier alpha value is -3.81. The zero-order chi connectivity index (χ0) is 18.4. The lowest BCUT2D eigenvalue weighted by molar-refractivity contribution is 0.624. The molecule has 0 saturated heterocycles. The van der Waals surface area contributed by atoms with Gasteiger partial charge in [-0.1, -0.05) is 66.3 Å². The zero-order valence-electron chi connectivity index (χ0n) is 14.4. The minimum absolute atomic E-state index is 0.253. The van der Waals surface area contributed by atoms with Gasteiger partial charge in [-0.25, -0.2) is 4.39 Å². The molecule has 0 spiro atoms. The third-order valence-corrected chi connectivity index (χ3v) is 4.99. The Morgan fingerprint density at radius 2 is 1.33 bits per heavy atom. The molecule has 0 amide bonds. The van der Waals surface area contributed by atoms with Crippen molar-refractivity contribution in [2.45, 2.75) is 0 Å². The highest BCUT2D eigenvalue weighted by Gasteiger charge is 2.09. The van der Waals surface area contributed by atoms with Crippen LogP contribution in [0.1, 0.15) is 16.7 Å². The Morgan fingerprint density at radius 1 is 0.667 bits per heavy atom. The monoisotopic (exact) mass is 344 g/mol. The van der Waals surface area contributed by atoms with Gasteiger partial charge in [0.2, 0.25) is 0 Å². The summed E-state index contributed by atoms with van der Waals surface area (Å²) in [6.45, 7) is 0. The molecule has 0 heterocycles. The molecule has 0 radical (unpaired) electrons. The zero-order valence-corrected chi connectivity index (χ0v) is 14.4. The molecular weight excluding hydrogens is 331 g/mol. The maximum absolute atomic E-state index is 13.9. The first-order chi connectivity index (χ1) is 13.2. The highest BCUT2D eigenvalue weighted by molar-refractivity contribution is 6.23. The summed E-state index contributed by atoms with van der Waals surface area (Å²) < 4.78 is 13.9. The van der Waals surface area contributed by atoms with Crippen molar-refractivity contribution < 1.29 is 4.39 Å². The van der Waals surface area contributed by atoms with E-state index in [9.17, 15) is 4.39 Å². The summed E-state index contributed by atoms with van der Waals surface area (Å²) in [6, 6.07) is 23.8. The third-order valence-electron chi connectivity index (χ3n) is 4.99. The Balaban J connectivity index is 1.73. The van der Waals surface area contributed by atoms with Gasteiger partial charge in [-0.05, 0) is 56.6 Å². The maximum Gasteiger partial charge on any atom is 0.140 e. The van der Waals surface area contributed by atoms with Gasteiger partial charge in [0.25, 0.3) is 0 Å². The molecule has 5 aromatic rings. The van der Waals surface area contributed by atoms with Crippen molar-refractivity contribution in [3.05, 3.63) is 95.3 Å². The molecule has 5 aromatic carbocycles. The first-order valence-electron chi connectivity index (χ1n) is 8.69. The summed E-state index contributed by atoms with van der Waals surface area (Å²) in [5.41, 5.74) is 1.79. The largest absolute Gasteiger partial charge is 0.206 e. The van der Waals surface area contributed by atoms with E-state index in [1.54, 1.807) is 12.1 Å². The lowest BCUT2D eigenvalue weighted by Crippen LogP contribution is -1.87. The first kappa shape index (κ1) is 15.4. The Kier molecular flexibility index (Phi) is 3.36. The van der Waals surface area contributed by atoms with E-state index in [0.717, 1.165) is 10.9 Å². The SMILES string of the molecule is C#Cc1ccc(C#Cc2ccc3ccc4cccc5ccc2c3c45)cc1F. The fourth-order valence-corrected chi connectivity index (χ4v) is 3.69. The van der Waals surface area contributed by atoms with Crippen LogP contribution in [0, 0.1) is 30.0 Å². The van der Waals surface area contributed by atoms with E-state index in [1.165, 1.54) is 33.0 Å². The minimum Gasteiger partial charge on any atom is -0.206 e. The normalized spacial score (nSPS) is 10.8. The molecule has 0 saturated carbocycles. The van der Waals surface area contributed by atoms with E-state index in [4.69, 9.17) is 6.42 Å². The summed E-state index contributed by atoms with van der Waals surface area (Å²) in [7, 11) is 0. The summed E-state index contributed by atoms with van der Waals surface area (Å²) >= 11 is 0. The van der Waals surface area contributed by atoms with Crippen LogP contribution in [0.2, 0.25) is 0 Å². The van der Waals surface area contributed by atoms with E-state index in [-0.39, 0.29) is 5.56 Å². The third kappa shape index (κ3) is 2.42. The van der Waals surface area contributed by atoms with Gasteiger partial charge in [0.05, 0.1) is 5.56 Å². The van der Waals surface area contributed by atoms with Gasteiger partial charge < -0.3 is 0 Å². The van der Waals surface area contributed by atoms with Crippen LogP contribution in [-0.4, -0.2) is 0 Å². The standard InChI is InChI=1S/C26H13F/c1-2-18-8-6-17(16-24(18)27)7-9-19-10-11-22-13-12-20-4-3-5-21-14-15-23(19)26(22)25(20)21/h1,3-6,8,10-16H. The average Bonchev–Trinajstić information content (AvgIpc) is 2.71. The molecule has 0 aliphatic rings. The topological polar surface area (TPSA) is 0 Å². The van der Waals surface area contributed by atoms with E-state index in [2.05, 4.69) is 66.3 Å². The van der Waals surface area contributed by atoms with Crippen molar-refractivity contribution in [1.29, 1.82) is 0 Å². The van der Waals surface area contributed by atoms with Crippen molar-refractivity contribution in [2.24, 2.45) is 0 Å². The second-order valence-electron chi connectivity index (χ2n) is 6.56. The van der Waals surface area contributed by atoms with Crippen molar-refractivity contribution in [3.63, 3.8) is 0 Å². The summed E-state index contributed by atoms with van der Waals surface area (Å²) in [5.74, 6) is 8.19. The van der Waals surface area contributed by atoms with Crippen LogP contribution in [-0.2, 0) is 0 Å². The van der Waals surface area contributed by atoms with Crippen LogP contribution in [0.15, 0.2) is 72.8 Å². The second kappa shape index (κ2) is 5.87. The van der Waals surface area contributed by atoms with Crippen LogP contribution in [0.25, 0.3) is 32.3 Å². The van der Waals surface area contributed by atoms with E-state index in [1.807, 2.05) is 6.07 Å². The molecule has 0 atom stereocenters. The van der Waals surface area contributed by atoms with E-state index >= 15 is 0 Å². The van der Waals surface area contributed by atoms with Crippen LogP contribution in [0.3, 0.4) is 0 Å². The molecule has 1 heteroatoms. The predicted molar refractivity (Wildman–Crippen MR) is 110 cm³/mol. The van der Waals surface area contributed by atoms with Gasteiger partial charge in [0.15, 0.2) is 0 Å². The fourth-order valence-electron chi connectivity index (χ4n) is 3.69. The summed E-state index contributed by atoms with van der Waals surface area (Å²) in [4.78, 5) is 0. The number of halogens is 1. The number of rotatable bonds is 0. The molecule has 0 aliphatic carbocycles. The molecule has 0 fully saturated rings. The van der Waals surface area contributed by atoms with Crippen molar-refractivity contribution in [3.8, 4) is 24.2 Å². The number of hydrogen-bond donors (Lipinski definition) is 0. The first-order valence-corrected chi connectivity index (χ1v) is 8.69. The highest BCUT2D eigenvalue weighted by atomic mass is 19.1. The van der Waals surface area contributed by atoms with E-state index < -0.39 is 5.82 Å². The molecule has 27 heavy (non-hydrogen) atoms. The molecule has 0 N–H and O–H groups in total. The summed E-state index contributed by atoms with van der Waals surface area (Å²) in [6.07, 6.45) is 5.27. The lowest BCUT2D eigenvalue weighted by Gasteiger charge is -2.11. The van der Waals surface area contributed by atoms with Crippen LogP contribution in [0.5, 0.6) is 0 Å². The predicted octanol–water partition coefficient (Wildman–Crippen LogP) is 6.10.